The van der Waals surface area contributed by atoms with Gasteiger partial charge in [0.15, 0.2) is 0 Å². The molecule has 0 bridgehead atoms. The number of hydrogen-bond donors (Lipinski definition) is 0. The molecule has 0 spiro atoms. The predicted molar refractivity (Wildman–Crippen MR) is 57.9 cm³/mol. The molecule has 0 saturated carbocycles. The Bertz CT molecular complexity index is 110. The summed E-state index contributed by atoms with van der Waals surface area (Å²) in [4.78, 5) is 0. The van der Waals surface area contributed by atoms with E-state index in [2.05, 4.69) is 13.8 Å². The summed E-state index contributed by atoms with van der Waals surface area (Å²) in [5.74, 6) is 0. The molecule has 0 aliphatic carbocycles. The Labute approximate surface area is 124 Å². The molecule has 0 saturated heterocycles. The summed E-state index contributed by atoms with van der Waals surface area (Å²) >= 11 is 0. The molecule has 13 heavy (non-hydrogen) atoms. The van der Waals surface area contributed by atoms with Gasteiger partial charge in [-0.05, 0) is 12.8 Å². The van der Waals surface area contributed by atoms with Crippen LogP contribution in [0.5, 0.6) is 0 Å². The third kappa shape index (κ3) is 13.8. The molecule has 0 fully saturated rings. The molecule has 0 aromatic carbocycles. The Morgan fingerprint density at radius 3 is 1.69 bits per heavy atom. The quantitative estimate of drug-likeness (QED) is 0.367. The molecular formula is C8H20KO3P. The Morgan fingerprint density at radius 2 is 1.38 bits per heavy atom. The topological polar surface area (TPSA) is 35.5 Å². The first-order valence-electron chi connectivity index (χ1n) is 4.60. The van der Waals surface area contributed by atoms with E-state index in [-0.39, 0.29) is 51.4 Å². The van der Waals surface area contributed by atoms with Gasteiger partial charge in [-0.3, -0.25) is 4.57 Å². The molecule has 0 radical (unpaired) electrons. The molecule has 0 aliphatic rings. The van der Waals surface area contributed by atoms with Crippen molar-refractivity contribution in [2.75, 3.05) is 13.2 Å². The molecule has 3 nitrogen and oxygen atoms in total. The van der Waals surface area contributed by atoms with Crippen molar-refractivity contribution >= 4 is 59.6 Å². The standard InChI is InChI=1S/C8H19O3P.K.H/c1-3-5-7-10-12(9)11-8-6-4-2;;/h12H,3-8H2,1-2H3;;. The fourth-order valence-electron chi connectivity index (χ4n) is 0.641. The normalized spacial score (nSPS) is 10.1. The van der Waals surface area contributed by atoms with Crippen LogP contribution in [0.2, 0.25) is 0 Å². The van der Waals surface area contributed by atoms with Crippen LogP contribution in [0, 0.1) is 0 Å². The van der Waals surface area contributed by atoms with Gasteiger partial charge >= 0.3 is 59.6 Å². The zero-order valence-corrected chi connectivity index (χ0v) is 8.97. The van der Waals surface area contributed by atoms with Gasteiger partial charge in [0.25, 0.3) is 0 Å². The fourth-order valence-corrected chi connectivity index (χ4v) is 1.35. The van der Waals surface area contributed by atoms with Crippen molar-refractivity contribution in [1.82, 2.24) is 0 Å². The Kier molecular flexibility index (Phi) is 18.2. The molecule has 0 aromatic heterocycles. The molecule has 0 unspecified atom stereocenters. The summed E-state index contributed by atoms with van der Waals surface area (Å²) in [5, 5.41) is 0. The van der Waals surface area contributed by atoms with Gasteiger partial charge in [0.05, 0.1) is 13.2 Å². The first-order chi connectivity index (χ1) is 5.81. The van der Waals surface area contributed by atoms with E-state index in [1.54, 1.807) is 0 Å². The van der Waals surface area contributed by atoms with E-state index in [1.165, 1.54) is 0 Å². The average Bonchev–Trinajstić information content (AvgIpc) is 2.06. The van der Waals surface area contributed by atoms with Crippen molar-refractivity contribution in [3.05, 3.63) is 0 Å². The van der Waals surface area contributed by atoms with Gasteiger partial charge in [-0.2, -0.15) is 0 Å². The van der Waals surface area contributed by atoms with Gasteiger partial charge in [0, 0.05) is 0 Å². The van der Waals surface area contributed by atoms with Gasteiger partial charge in [0.1, 0.15) is 0 Å². The summed E-state index contributed by atoms with van der Waals surface area (Å²) in [7, 11) is -2.18. The minimum absolute atomic E-state index is 0. The zero-order valence-electron chi connectivity index (χ0n) is 7.97. The molecule has 0 aliphatic heterocycles. The first-order valence-corrected chi connectivity index (χ1v) is 5.83. The zero-order chi connectivity index (χ0) is 9.23. The summed E-state index contributed by atoms with van der Waals surface area (Å²) in [6.07, 6.45) is 4.02. The third-order valence-electron chi connectivity index (χ3n) is 1.44. The van der Waals surface area contributed by atoms with Crippen LogP contribution < -0.4 is 0 Å². The fraction of sp³-hybridized carbons (Fsp3) is 1.00. The van der Waals surface area contributed by atoms with Crippen LogP contribution in [-0.2, 0) is 13.6 Å². The predicted octanol–water partition coefficient (Wildman–Crippen LogP) is 2.36. The van der Waals surface area contributed by atoms with Crippen molar-refractivity contribution in [3.63, 3.8) is 0 Å². The van der Waals surface area contributed by atoms with Crippen LogP contribution in [0.1, 0.15) is 39.5 Å². The first kappa shape index (κ1) is 17.2. The van der Waals surface area contributed by atoms with Gasteiger partial charge in [-0.25, -0.2) is 0 Å². The van der Waals surface area contributed by atoms with Crippen LogP contribution in [0.25, 0.3) is 0 Å². The minimum atomic E-state index is -2.18. The van der Waals surface area contributed by atoms with E-state index in [0.29, 0.717) is 13.2 Å². The van der Waals surface area contributed by atoms with Crippen LogP contribution in [0.15, 0.2) is 0 Å². The van der Waals surface area contributed by atoms with Gasteiger partial charge in [-0.15, -0.1) is 0 Å². The van der Waals surface area contributed by atoms with Crippen LogP contribution in [-0.4, -0.2) is 64.6 Å². The summed E-state index contributed by atoms with van der Waals surface area (Å²) in [6, 6.07) is 0. The maximum absolute atomic E-state index is 10.9. The molecule has 0 rings (SSSR count). The van der Waals surface area contributed by atoms with Crippen molar-refractivity contribution in [2.45, 2.75) is 39.5 Å². The van der Waals surface area contributed by atoms with E-state index in [0.717, 1.165) is 25.7 Å². The maximum atomic E-state index is 10.9. The van der Waals surface area contributed by atoms with Crippen LogP contribution in [0.4, 0.5) is 0 Å². The molecule has 0 heterocycles. The number of hydrogen-bond acceptors (Lipinski definition) is 3. The molecule has 0 N–H and O–H groups in total. The molecule has 0 aromatic rings. The van der Waals surface area contributed by atoms with Crippen LogP contribution >= 0.6 is 8.25 Å². The summed E-state index contributed by atoms with van der Waals surface area (Å²) in [5.41, 5.74) is 0. The van der Waals surface area contributed by atoms with Gasteiger partial charge < -0.3 is 9.05 Å². The summed E-state index contributed by atoms with van der Waals surface area (Å²) in [6.45, 7) is 5.25. The van der Waals surface area contributed by atoms with Gasteiger partial charge in [-0.1, -0.05) is 26.7 Å². The van der Waals surface area contributed by atoms with Crippen molar-refractivity contribution in [3.8, 4) is 0 Å². The Balaban J connectivity index is 0. The van der Waals surface area contributed by atoms with Crippen molar-refractivity contribution < 1.29 is 13.6 Å². The second-order valence-electron chi connectivity index (χ2n) is 2.65. The van der Waals surface area contributed by atoms with Crippen molar-refractivity contribution in [1.29, 1.82) is 0 Å². The SMILES string of the molecule is CCCCO[PH](=O)OCCCC.[KH]. The molecular weight excluding hydrogens is 214 g/mol. The second-order valence-corrected chi connectivity index (χ2v) is 3.73. The molecule has 76 valence electrons. The monoisotopic (exact) mass is 234 g/mol. The van der Waals surface area contributed by atoms with E-state index < -0.39 is 8.25 Å². The number of rotatable bonds is 8. The summed E-state index contributed by atoms with van der Waals surface area (Å²) < 4.78 is 20.8. The molecule has 5 heteroatoms. The van der Waals surface area contributed by atoms with Gasteiger partial charge in [0.2, 0.25) is 0 Å². The Morgan fingerprint density at radius 1 is 1.00 bits per heavy atom. The number of unbranched alkanes of at least 4 members (excludes halogenated alkanes) is 2. The van der Waals surface area contributed by atoms with E-state index >= 15 is 0 Å². The third-order valence-corrected chi connectivity index (χ3v) is 2.32. The average molecular weight is 234 g/mol. The van der Waals surface area contributed by atoms with Crippen LogP contribution in [0.3, 0.4) is 0 Å². The Hall–Kier alpha value is 1.79. The van der Waals surface area contributed by atoms with Crippen molar-refractivity contribution in [2.24, 2.45) is 0 Å². The second kappa shape index (κ2) is 13.8. The van der Waals surface area contributed by atoms with E-state index in [4.69, 9.17) is 9.05 Å². The van der Waals surface area contributed by atoms with E-state index in [1.807, 2.05) is 0 Å². The molecule has 0 amide bonds. The molecule has 0 atom stereocenters. The van der Waals surface area contributed by atoms with E-state index in [9.17, 15) is 4.57 Å².